The summed E-state index contributed by atoms with van der Waals surface area (Å²) in [5, 5.41) is 52.4. The molecule has 4 atom stereocenters. The highest BCUT2D eigenvalue weighted by atomic mass is 16.6. The van der Waals surface area contributed by atoms with Gasteiger partial charge in [0.25, 0.3) is 0 Å². The molecular formula is C18H30N4O5. The summed E-state index contributed by atoms with van der Waals surface area (Å²) < 4.78 is 5.78. The molecule has 3 heterocycles. The van der Waals surface area contributed by atoms with Gasteiger partial charge in [0.1, 0.15) is 22.2 Å². The lowest BCUT2D eigenvalue weighted by Gasteiger charge is -2.38. The largest absolute Gasteiger partial charge is 0.632 e. The Balaban J connectivity index is 1.97. The van der Waals surface area contributed by atoms with Gasteiger partial charge in [-0.3, -0.25) is 0 Å². The summed E-state index contributed by atoms with van der Waals surface area (Å²) in [5.41, 5.74) is -3.52. The first-order valence-electron chi connectivity index (χ1n) is 9.21. The van der Waals surface area contributed by atoms with Crippen molar-refractivity contribution in [2.75, 3.05) is 0 Å². The second-order valence-corrected chi connectivity index (χ2v) is 9.79. The Labute approximate surface area is 159 Å². The van der Waals surface area contributed by atoms with Gasteiger partial charge in [0.05, 0.1) is 0 Å². The highest BCUT2D eigenvalue weighted by Crippen LogP contribution is 2.40. The van der Waals surface area contributed by atoms with Crippen LogP contribution in [0.15, 0.2) is 16.5 Å². The quantitative estimate of drug-likeness (QED) is 0.722. The maximum atomic E-state index is 12.9. The molecule has 0 amide bonds. The number of furan rings is 1. The average molecular weight is 382 g/mol. The Kier molecular flexibility index (Phi) is 4.40. The van der Waals surface area contributed by atoms with E-state index in [4.69, 9.17) is 4.42 Å². The van der Waals surface area contributed by atoms with Crippen molar-refractivity contribution < 1.29 is 25.0 Å². The third-order valence-corrected chi connectivity index (χ3v) is 7.55. The van der Waals surface area contributed by atoms with Crippen LogP contribution < -0.4 is 10.1 Å². The summed E-state index contributed by atoms with van der Waals surface area (Å²) in [7, 11) is 0. The van der Waals surface area contributed by atoms with Crippen molar-refractivity contribution in [1.82, 2.24) is 10.1 Å². The SMILES string of the molecule is CC1(C)N([O])C(c2ccc(C3N([O])C(C)(C)C(C)(C)[NH+]3[O-])o2)[NH+]([O-])C1(C)C. The summed E-state index contributed by atoms with van der Waals surface area (Å²) in [6.45, 7) is 13.9. The topological polar surface area (TPSA) is 114 Å². The number of nitrogens with zero attached hydrogens (tertiary/aromatic N) is 2. The number of rotatable bonds is 2. The summed E-state index contributed by atoms with van der Waals surface area (Å²) in [6.07, 6.45) is -2.16. The van der Waals surface area contributed by atoms with Gasteiger partial charge < -0.3 is 25.0 Å². The molecule has 2 fully saturated rings. The second kappa shape index (κ2) is 5.74. The maximum Gasteiger partial charge on any atom is 0.228 e. The van der Waals surface area contributed by atoms with Crippen molar-refractivity contribution in [2.45, 2.75) is 89.9 Å². The van der Waals surface area contributed by atoms with E-state index in [0.717, 1.165) is 10.1 Å². The highest BCUT2D eigenvalue weighted by Gasteiger charge is 2.63. The van der Waals surface area contributed by atoms with E-state index in [9.17, 15) is 20.8 Å². The average Bonchev–Trinajstić information content (AvgIpc) is 3.09. The summed E-state index contributed by atoms with van der Waals surface area (Å²) in [5.74, 6) is 0.347. The minimum Gasteiger partial charge on any atom is -0.632 e. The lowest BCUT2D eigenvalue weighted by atomic mass is 9.84. The number of hydrogen-bond donors (Lipinski definition) is 2. The van der Waals surface area contributed by atoms with Crippen molar-refractivity contribution >= 4 is 0 Å². The van der Waals surface area contributed by atoms with Crippen LogP contribution in [0, 0.1) is 10.4 Å². The minimum absolute atomic E-state index is 0.173. The summed E-state index contributed by atoms with van der Waals surface area (Å²) >= 11 is 0. The molecule has 2 radical (unpaired) electrons. The molecular weight excluding hydrogens is 352 g/mol. The zero-order valence-electron chi connectivity index (χ0n) is 17.2. The van der Waals surface area contributed by atoms with Crippen molar-refractivity contribution in [3.63, 3.8) is 0 Å². The molecule has 2 saturated heterocycles. The molecule has 9 heteroatoms. The van der Waals surface area contributed by atoms with Gasteiger partial charge in [-0.2, -0.15) is 0 Å². The first-order chi connectivity index (χ1) is 12.1. The Hall–Kier alpha value is -1.04. The second-order valence-electron chi connectivity index (χ2n) is 9.79. The lowest BCUT2D eigenvalue weighted by Crippen LogP contribution is -3.14. The molecule has 0 spiro atoms. The van der Waals surface area contributed by atoms with E-state index in [1.54, 1.807) is 55.4 Å². The molecule has 2 N–H and O–H groups in total. The van der Waals surface area contributed by atoms with Gasteiger partial charge in [-0.25, -0.2) is 0 Å². The molecule has 1 aromatic rings. The van der Waals surface area contributed by atoms with E-state index >= 15 is 0 Å². The van der Waals surface area contributed by atoms with Gasteiger partial charge in [-0.15, -0.1) is 10.4 Å². The Bertz CT molecular complexity index is 631. The lowest BCUT2D eigenvalue weighted by molar-refractivity contribution is -0.929. The predicted molar refractivity (Wildman–Crippen MR) is 94.2 cm³/mol. The number of hydrogen-bond acceptors (Lipinski definition) is 5. The van der Waals surface area contributed by atoms with Crippen LogP contribution in [0.5, 0.6) is 0 Å². The molecule has 0 aliphatic carbocycles. The summed E-state index contributed by atoms with van der Waals surface area (Å²) in [6, 6.07) is 3.06. The molecule has 27 heavy (non-hydrogen) atoms. The monoisotopic (exact) mass is 382 g/mol. The third-order valence-electron chi connectivity index (χ3n) is 7.55. The van der Waals surface area contributed by atoms with Crippen LogP contribution in [-0.2, 0) is 10.4 Å². The molecule has 2 aliphatic heterocycles. The molecule has 0 saturated carbocycles. The highest BCUT2D eigenvalue weighted by molar-refractivity contribution is 5.15. The van der Waals surface area contributed by atoms with Crippen LogP contribution in [0.2, 0.25) is 0 Å². The number of hydroxylamine groups is 8. The molecule has 0 bridgehead atoms. The fraction of sp³-hybridized carbons (Fsp3) is 0.778. The van der Waals surface area contributed by atoms with Crippen molar-refractivity contribution in [1.29, 1.82) is 0 Å². The molecule has 9 nitrogen and oxygen atoms in total. The zero-order valence-corrected chi connectivity index (χ0v) is 17.2. The molecule has 152 valence electrons. The van der Waals surface area contributed by atoms with E-state index in [0.29, 0.717) is 0 Å². The zero-order chi connectivity index (χ0) is 20.7. The first-order valence-corrected chi connectivity index (χ1v) is 9.21. The molecule has 1 aromatic heterocycles. The predicted octanol–water partition coefficient (Wildman–Crippen LogP) is 0.479. The third kappa shape index (κ3) is 2.41. The van der Waals surface area contributed by atoms with E-state index < -0.39 is 34.5 Å². The van der Waals surface area contributed by atoms with E-state index in [-0.39, 0.29) is 21.6 Å². The standard InChI is InChI=1S/C18H30N4O5/c1-15(2)16(3,4)20(24)13(19(15)23)11-9-10-12(27-11)14-21(25)17(5,6)18(7,8)22(14)26/h9-10,13-14,19,21H,1-8H3. The van der Waals surface area contributed by atoms with Gasteiger partial charge >= 0.3 is 0 Å². The number of quaternary nitrogens is 2. The van der Waals surface area contributed by atoms with Crippen LogP contribution in [0.3, 0.4) is 0 Å². The van der Waals surface area contributed by atoms with Crippen LogP contribution in [0.25, 0.3) is 0 Å². The van der Waals surface area contributed by atoms with Crippen molar-refractivity contribution in [2.24, 2.45) is 0 Å². The summed E-state index contributed by atoms with van der Waals surface area (Å²) in [4.78, 5) is 0. The molecule has 0 aromatic carbocycles. The fourth-order valence-electron chi connectivity index (χ4n) is 3.85. The van der Waals surface area contributed by atoms with E-state index in [1.165, 1.54) is 12.1 Å². The van der Waals surface area contributed by atoms with Crippen molar-refractivity contribution in [3.8, 4) is 0 Å². The van der Waals surface area contributed by atoms with Crippen LogP contribution >= 0.6 is 0 Å². The Morgan fingerprint density at radius 3 is 1.30 bits per heavy atom. The Morgan fingerprint density at radius 1 is 0.778 bits per heavy atom. The molecule has 4 unspecified atom stereocenters. The van der Waals surface area contributed by atoms with Crippen LogP contribution in [0.4, 0.5) is 0 Å². The first kappa shape index (κ1) is 20.7. The maximum absolute atomic E-state index is 12.9. The van der Waals surface area contributed by atoms with Gasteiger partial charge in [-0.05, 0) is 67.5 Å². The van der Waals surface area contributed by atoms with Crippen molar-refractivity contribution in [3.05, 3.63) is 34.1 Å². The van der Waals surface area contributed by atoms with E-state index in [2.05, 4.69) is 0 Å². The van der Waals surface area contributed by atoms with E-state index in [1.807, 2.05) is 0 Å². The number of nitrogens with one attached hydrogen (secondary N) is 2. The minimum atomic E-state index is -1.08. The molecule has 3 rings (SSSR count). The van der Waals surface area contributed by atoms with Crippen LogP contribution in [-0.4, -0.2) is 32.3 Å². The van der Waals surface area contributed by atoms with Gasteiger partial charge in [-0.1, -0.05) is 10.1 Å². The van der Waals surface area contributed by atoms with Crippen LogP contribution in [0.1, 0.15) is 79.2 Å². The van der Waals surface area contributed by atoms with Gasteiger partial charge in [0.2, 0.25) is 12.3 Å². The normalized spacial score (nSPS) is 37.8. The molecule has 2 aliphatic rings. The smallest absolute Gasteiger partial charge is 0.228 e. The van der Waals surface area contributed by atoms with Gasteiger partial charge in [0, 0.05) is 0 Å². The Morgan fingerprint density at radius 2 is 1.07 bits per heavy atom. The fourth-order valence-corrected chi connectivity index (χ4v) is 3.85. The van der Waals surface area contributed by atoms with Gasteiger partial charge in [0.15, 0.2) is 11.5 Å².